The molecule has 2 aromatic carbocycles. The molecule has 3 nitrogen and oxygen atoms in total. The van der Waals surface area contributed by atoms with Crippen LogP contribution in [0.1, 0.15) is 12.0 Å². The van der Waals surface area contributed by atoms with Crippen LogP contribution >= 0.6 is 23.2 Å². The Morgan fingerprint density at radius 3 is 2.29 bits per heavy atom. The van der Waals surface area contributed by atoms with E-state index in [1.807, 2.05) is 18.2 Å². The van der Waals surface area contributed by atoms with Crippen molar-refractivity contribution in [1.29, 1.82) is 0 Å². The van der Waals surface area contributed by atoms with E-state index >= 15 is 0 Å². The highest BCUT2D eigenvalue weighted by Crippen LogP contribution is 2.29. The average molecular weight is 323 g/mol. The monoisotopic (exact) mass is 322 g/mol. The molecule has 0 heterocycles. The van der Waals surface area contributed by atoms with Crippen LogP contribution in [0, 0.1) is 0 Å². The molecule has 0 radical (unpaired) electrons. The Morgan fingerprint density at radius 1 is 0.952 bits per heavy atom. The van der Waals surface area contributed by atoms with E-state index in [0.29, 0.717) is 22.3 Å². The number of carbonyl (C=O) groups excluding carboxylic acids is 1. The summed E-state index contributed by atoms with van der Waals surface area (Å²) in [5.41, 5.74) is 1.69. The highest BCUT2D eigenvalue weighted by atomic mass is 35.5. The van der Waals surface area contributed by atoms with Gasteiger partial charge in [0.1, 0.15) is 0 Å². The molecule has 2 N–H and O–H groups in total. The zero-order valence-corrected chi connectivity index (χ0v) is 12.9. The van der Waals surface area contributed by atoms with Gasteiger partial charge < -0.3 is 10.6 Å². The van der Waals surface area contributed by atoms with Crippen LogP contribution in [0.15, 0.2) is 48.5 Å². The van der Waals surface area contributed by atoms with Crippen molar-refractivity contribution < 1.29 is 4.79 Å². The van der Waals surface area contributed by atoms with Crippen LogP contribution in [0.5, 0.6) is 0 Å². The molecule has 2 amide bonds. The number of hydrogen-bond donors (Lipinski definition) is 2. The maximum atomic E-state index is 11.8. The fourth-order valence-electron chi connectivity index (χ4n) is 1.91. The third-order valence-electron chi connectivity index (χ3n) is 2.97. The third kappa shape index (κ3) is 4.96. The summed E-state index contributed by atoms with van der Waals surface area (Å²) in [6.45, 7) is 0.586. The number of hydrogen-bond acceptors (Lipinski definition) is 1. The Kier molecular flexibility index (Phi) is 5.90. The smallest absolute Gasteiger partial charge is 0.319 e. The van der Waals surface area contributed by atoms with E-state index in [2.05, 4.69) is 22.8 Å². The van der Waals surface area contributed by atoms with Gasteiger partial charge in [-0.25, -0.2) is 4.79 Å². The van der Waals surface area contributed by atoms with Gasteiger partial charge in [0.2, 0.25) is 0 Å². The predicted octanol–water partition coefficient (Wildman–Crippen LogP) is 4.75. The van der Waals surface area contributed by atoms with Gasteiger partial charge in [-0.05, 0) is 30.5 Å². The summed E-state index contributed by atoms with van der Waals surface area (Å²) < 4.78 is 0. The van der Waals surface area contributed by atoms with Gasteiger partial charge in [0.05, 0.1) is 15.7 Å². The summed E-state index contributed by atoms with van der Waals surface area (Å²) in [4.78, 5) is 11.8. The Hall–Kier alpha value is -1.71. The molecule has 0 unspecified atom stereocenters. The molecule has 0 spiro atoms. The lowest BCUT2D eigenvalue weighted by molar-refractivity contribution is 0.252. The number of urea groups is 1. The molecule has 0 aromatic heterocycles. The van der Waals surface area contributed by atoms with Gasteiger partial charge in [-0.15, -0.1) is 0 Å². The van der Waals surface area contributed by atoms with E-state index in [0.717, 1.165) is 12.8 Å². The topological polar surface area (TPSA) is 41.1 Å². The fourth-order valence-corrected chi connectivity index (χ4v) is 2.41. The van der Waals surface area contributed by atoms with Crippen LogP contribution in [0.4, 0.5) is 10.5 Å². The Morgan fingerprint density at radius 2 is 1.62 bits per heavy atom. The maximum Gasteiger partial charge on any atom is 0.319 e. The van der Waals surface area contributed by atoms with Gasteiger partial charge >= 0.3 is 6.03 Å². The van der Waals surface area contributed by atoms with Crippen LogP contribution in [0.3, 0.4) is 0 Å². The molecule has 0 aliphatic heterocycles. The van der Waals surface area contributed by atoms with E-state index in [9.17, 15) is 4.79 Å². The first-order valence-electron chi connectivity index (χ1n) is 6.69. The summed E-state index contributed by atoms with van der Waals surface area (Å²) in [6.07, 6.45) is 1.79. The van der Waals surface area contributed by atoms with Crippen molar-refractivity contribution >= 4 is 34.9 Å². The SMILES string of the molecule is O=C(NCCCc1ccccc1)Nc1c(Cl)cccc1Cl. The summed E-state index contributed by atoms with van der Waals surface area (Å²) in [5, 5.41) is 6.29. The number of rotatable bonds is 5. The van der Waals surface area contributed by atoms with Crippen molar-refractivity contribution in [3.8, 4) is 0 Å². The Balaban J connectivity index is 1.75. The molecule has 5 heteroatoms. The van der Waals surface area contributed by atoms with Gasteiger partial charge in [-0.3, -0.25) is 0 Å². The number of aryl methyl sites for hydroxylation is 1. The van der Waals surface area contributed by atoms with E-state index in [4.69, 9.17) is 23.2 Å². The van der Waals surface area contributed by atoms with Crippen molar-refractivity contribution in [2.45, 2.75) is 12.8 Å². The van der Waals surface area contributed by atoms with E-state index < -0.39 is 0 Å². The zero-order valence-electron chi connectivity index (χ0n) is 11.4. The molecule has 0 atom stereocenters. The standard InChI is InChI=1S/C16H16Cl2N2O/c17-13-9-4-10-14(18)15(13)20-16(21)19-11-5-8-12-6-2-1-3-7-12/h1-4,6-7,9-10H,5,8,11H2,(H2,19,20,21). The largest absolute Gasteiger partial charge is 0.338 e. The molecule has 0 fully saturated rings. The van der Waals surface area contributed by atoms with Crippen LogP contribution in [-0.2, 0) is 6.42 Å². The first-order valence-corrected chi connectivity index (χ1v) is 7.45. The molecule has 0 aliphatic rings. The van der Waals surface area contributed by atoms with Crippen molar-refractivity contribution in [1.82, 2.24) is 5.32 Å². The number of carbonyl (C=O) groups is 1. The van der Waals surface area contributed by atoms with Crippen LogP contribution in [-0.4, -0.2) is 12.6 Å². The number of nitrogens with one attached hydrogen (secondary N) is 2. The number of para-hydroxylation sites is 1. The quantitative estimate of drug-likeness (QED) is 0.766. The van der Waals surface area contributed by atoms with E-state index in [1.165, 1.54) is 5.56 Å². The molecule has 2 rings (SSSR count). The lowest BCUT2D eigenvalue weighted by Gasteiger charge is -2.10. The van der Waals surface area contributed by atoms with Gasteiger partial charge in [0, 0.05) is 6.54 Å². The first-order chi connectivity index (χ1) is 10.2. The van der Waals surface area contributed by atoms with Crippen molar-refractivity contribution in [3.05, 3.63) is 64.1 Å². The van der Waals surface area contributed by atoms with Crippen molar-refractivity contribution in [3.63, 3.8) is 0 Å². The molecular weight excluding hydrogens is 307 g/mol. The second-order valence-corrected chi connectivity index (χ2v) is 5.38. The van der Waals surface area contributed by atoms with Gasteiger partial charge in [0.15, 0.2) is 0 Å². The second kappa shape index (κ2) is 7.91. The normalized spacial score (nSPS) is 10.2. The van der Waals surface area contributed by atoms with Crippen molar-refractivity contribution in [2.75, 3.05) is 11.9 Å². The lowest BCUT2D eigenvalue weighted by atomic mass is 10.1. The third-order valence-corrected chi connectivity index (χ3v) is 3.60. The molecule has 0 saturated heterocycles. The van der Waals surface area contributed by atoms with Crippen molar-refractivity contribution in [2.24, 2.45) is 0 Å². The Labute approximate surface area is 134 Å². The first kappa shape index (κ1) is 15.7. The number of halogens is 2. The van der Waals surface area contributed by atoms with E-state index in [-0.39, 0.29) is 6.03 Å². The summed E-state index contributed by atoms with van der Waals surface area (Å²) in [6, 6.07) is 14.9. The van der Waals surface area contributed by atoms with Gasteiger partial charge in [0.25, 0.3) is 0 Å². The molecule has 2 aromatic rings. The number of anilines is 1. The number of amides is 2. The molecule has 110 valence electrons. The minimum Gasteiger partial charge on any atom is -0.338 e. The molecular formula is C16H16Cl2N2O. The maximum absolute atomic E-state index is 11.8. The van der Waals surface area contributed by atoms with Gasteiger partial charge in [-0.2, -0.15) is 0 Å². The fraction of sp³-hybridized carbons (Fsp3) is 0.188. The highest BCUT2D eigenvalue weighted by Gasteiger charge is 2.08. The zero-order chi connectivity index (χ0) is 15.1. The minimum absolute atomic E-state index is 0.307. The molecule has 0 aliphatic carbocycles. The minimum atomic E-state index is -0.307. The summed E-state index contributed by atoms with van der Waals surface area (Å²) in [5.74, 6) is 0. The Bertz CT molecular complexity index is 582. The molecule has 21 heavy (non-hydrogen) atoms. The van der Waals surface area contributed by atoms with E-state index in [1.54, 1.807) is 18.2 Å². The highest BCUT2D eigenvalue weighted by molar-refractivity contribution is 6.39. The molecule has 0 saturated carbocycles. The average Bonchev–Trinajstić information content (AvgIpc) is 2.49. The lowest BCUT2D eigenvalue weighted by Crippen LogP contribution is -2.30. The van der Waals surface area contributed by atoms with Crippen LogP contribution < -0.4 is 10.6 Å². The van der Waals surface area contributed by atoms with Crippen LogP contribution in [0.2, 0.25) is 10.0 Å². The van der Waals surface area contributed by atoms with Gasteiger partial charge in [-0.1, -0.05) is 59.6 Å². The predicted molar refractivity (Wildman–Crippen MR) is 88.2 cm³/mol. The molecule has 0 bridgehead atoms. The van der Waals surface area contributed by atoms with Crippen LogP contribution in [0.25, 0.3) is 0 Å². The summed E-state index contributed by atoms with van der Waals surface area (Å²) >= 11 is 12.0. The number of benzene rings is 2. The summed E-state index contributed by atoms with van der Waals surface area (Å²) in [7, 11) is 0. The second-order valence-electron chi connectivity index (χ2n) is 4.57.